The van der Waals surface area contributed by atoms with E-state index < -0.39 is 59.4 Å². The van der Waals surface area contributed by atoms with Crippen LogP contribution >= 0.6 is 23.5 Å². The number of phosphoric acid groups is 3. The van der Waals surface area contributed by atoms with E-state index in [9.17, 15) is 33.6 Å². The van der Waals surface area contributed by atoms with E-state index in [4.69, 9.17) is 25.8 Å². The molecule has 0 radical (unpaired) electrons. The van der Waals surface area contributed by atoms with Crippen LogP contribution in [0, 0.1) is 12.3 Å². The molecule has 0 aliphatic carbocycles. The zero-order chi connectivity index (χ0) is 25.7. The van der Waals surface area contributed by atoms with Gasteiger partial charge in [0.15, 0.2) is 23.5 Å². The van der Waals surface area contributed by atoms with Crippen LogP contribution in [0.2, 0.25) is 0 Å². The van der Waals surface area contributed by atoms with Crippen LogP contribution in [-0.2, 0) is 31.6 Å². The Balaban J connectivity index is 1.87. The summed E-state index contributed by atoms with van der Waals surface area (Å²) in [6.07, 6.45) is 2.26. The number of hydrogen-bond acceptors (Lipinski definition) is 12. The fraction of sp³-hybridized carbons (Fsp3) is 0.417. The average molecular weight is 550 g/mol. The second-order valence-electron chi connectivity index (χ2n) is 6.55. The average Bonchev–Trinajstić information content (AvgIpc) is 3.19. The SMILES string of the molecule is C#C[C@]1(O)[C@H](n2cnc3c(=O)[nH]cnc32)O[C@](F)(COP(=O)(O)OP(=O)(O)OP(=O)(O)O)[C@H]1O. The molecule has 6 atom stereocenters. The van der Waals surface area contributed by atoms with Crippen LogP contribution in [0.1, 0.15) is 6.23 Å². The zero-order valence-corrected chi connectivity index (χ0v) is 18.8. The van der Waals surface area contributed by atoms with Gasteiger partial charge in [-0.05, 0) is 0 Å². The highest BCUT2D eigenvalue weighted by molar-refractivity contribution is 7.66. The molecule has 7 N–H and O–H groups in total. The monoisotopic (exact) mass is 550 g/mol. The lowest BCUT2D eigenvalue weighted by Crippen LogP contribution is -2.50. The van der Waals surface area contributed by atoms with Crippen LogP contribution in [0.25, 0.3) is 11.2 Å². The van der Waals surface area contributed by atoms with Crippen molar-refractivity contribution >= 4 is 34.6 Å². The topological polar surface area (TPSA) is 273 Å². The van der Waals surface area contributed by atoms with E-state index in [1.165, 1.54) is 0 Å². The fourth-order valence-electron chi connectivity index (χ4n) is 2.84. The Bertz CT molecular complexity index is 1350. The molecule has 0 saturated carbocycles. The number of aliphatic hydroxyl groups is 2. The van der Waals surface area contributed by atoms with Crippen molar-refractivity contribution in [2.45, 2.75) is 23.8 Å². The van der Waals surface area contributed by atoms with Crippen molar-refractivity contribution < 1.29 is 65.8 Å². The van der Waals surface area contributed by atoms with Crippen LogP contribution in [-0.4, -0.2) is 73.5 Å². The predicted molar refractivity (Wildman–Crippen MR) is 102 cm³/mol. The summed E-state index contributed by atoms with van der Waals surface area (Å²) in [4.78, 5) is 57.1. The van der Waals surface area contributed by atoms with E-state index in [2.05, 4.69) is 28.1 Å². The van der Waals surface area contributed by atoms with Crippen LogP contribution in [0.5, 0.6) is 0 Å². The number of H-pyrrole nitrogens is 1. The largest absolute Gasteiger partial charge is 0.490 e. The minimum absolute atomic E-state index is 0.272. The lowest BCUT2D eigenvalue weighted by molar-refractivity contribution is -0.203. The molecule has 0 spiro atoms. The molecule has 1 saturated heterocycles. The number of terminal acetylenes is 1. The summed E-state index contributed by atoms with van der Waals surface area (Å²) in [7, 11) is -17.4. The first kappa shape index (κ1) is 26.7. The van der Waals surface area contributed by atoms with Crippen LogP contribution in [0.4, 0.5) is 4.39 Å². The Hall–Kier alpha value is -1.87. The molecule has 2 unspecified atom stereocenters. The number of phosphoric ester groups is 1. The van der Waals surface area contributed by atoms with Crippen LogP contribution < -0.4 is 5.56 Å². The number of alkyl halides is 1. The third-order valence-corrected chi connectivity index (χ3v) is 7.98. The maximum atomic E-state index is 15.4. The van der Waals surface area contributed by atoms with Crippen LogP contribution in [0.3, 0.4) is 0 Å². The summed E-state index contributed by atoms with van der Waals surface area (Å²) in [5.74, 6) is -1.91. The number of aliphatic hydroxyl groups excluding tert-OH is 1. The first-order valence-corrected chi connectivity index (χ1v) is 12.9. The summed E-state index contributed by atoms with van der Waals surface area (Å²) in [5, 5.41) is 21.0. The highest BCUT2D eigenvalue weighted by Crippen LogP contribution is 2.66. The molecule has 34 heavy (non-hydrogen) atoms. The van der Waals surface area contributed by atoms with Gasteiger partial charge in [0.1, 0.15) is 6.61 Å². The standard InChI is InChI=1S/C12H14FN4O14P3/c1-2-11(20)9(19)12(13,3-28-33(24,25)31-34(26,27)30-32(21,22)23)29-10(11)17-5-16-6-7(17)14-4-15-8(6)18/h1,4-5,9-10,19-20H,3H2,(H,24,25)(H,26,27)(H,14,15,18)(H2,21,22,23)/t9-,10+,11+,12+/m0/s1. The van der Waals surface area contributed by atoms with Crippen molar-refractivity contribution in [2.75, 3.05) is 6.61 Å². The summed E-state index contributed by atoms with van der Waals surface area (Å²) in [6, 6.07) is 0. The molecule has 3 rings (SSSR count). The van der Waals surface area contributed by atoms with E-state index in [1.54, 1.807) is 5.92 Å². The van der Waals surface area contributed by atoms with E-state index in [0.717, 1.165) is 17.2 Å². The van der Waals surface area contributed by atoms with Gasteiger partial charge in [-0.15, -0.1) is 6.42 Å². The minimum atomic E-state index is -5.91. The third-order valence-electron chi connectivity index (χ3n) is 4.20. The fourth-order valence-corrected chi connectivity index (χ4v) is 5.88. The molecule has 18 nitrogen and oxygen atoms in total. The summed E-state index contributed by atoms with van der Waals surface area (Å²) in [6.45, 7) is -1.79. The van der Waals surface area contributed by atoms with Crippen molar-refractivity contribution in [1.82, 2.24) is 19.5 Å². The number of nitrogens with one attached hydrogen (secondary N) is 1. The predicted octanol–water partition coefficient (Wildman–Crippen LogP) is -1.62. The number of rotatable bonds is 8. The van der Waals surface area contributed by atoms with Crippen molar-refractivity contribution in [3.05, 3.63) is 23.0 Å². The summed E-state index contributed by atoms with van der Waals surface area (Å²) < 4.78 is 66.0. The Kier molecular flexibility index (Phi) is 6.81. The van der Waals surface area contributed by atoms with Gasteiger partial charge in [0.25, 0.3) is 11.4 Å². The van der Waals surface area contributed by atoms with Gasteiger partial charge in [0, 0.05) is 0 Å². The summed E-state index contributed by atoms with van der Waals surface area (Å²) in [5.41, 5.74) is -4.20. The summed E-state index contributed by atoms with van der Waals surface area (Å²) >= 11 is 0. The number of imidazole rings is 1. The lowest BCUT2D eigenvalue weighted by atomic mass is 9.94. The van der Waals surface area contributed by atoms with Crippen molar-refractivity contribution in [3.8, 4) is 12.3 Å². The molecule has 0 bridgehead atoms. The van der Waals surface area contributed by atoms with Crippen molar-refractivity contribution in [3.63, 3.8) is 0 Å². The maximum absolute atomic E-state index is 15.4. The molecule has 1 aliphatic heterocycles. The molecule has 3 heterocycles. The highest BCUT2D eigenvalue weighted by Gasteiger charge is 2.66. The first-order chi connectivity index (χ1) is 15.4. The van der Waals surface area contributed by atoms with Gasteiger partial charge in [-0.2, -0.15) is 8.62 Å². The smallest absolute Gasteiger partial charge is 0.383 e. The molecule has 2 aromatic rings. The van der Waals surface area contributed by atoms with Gasteiger partial charge >= 0.3 is 23.5 Å². The molecule has 1 aliphatic rings. The highest BCUT2D eigenvalue weighted by atomic mass is 31.3. The molecule has 188 valence electrons. The van der Waals surface area contributed by atoms with E-state index >= 15 is 4.39 Å². The van der Waals surface area contributed by atoms with Gasteiger partial charge in [-0.25, -0.2) is 28.1 Å². The zero-order valence-electron chi connectivity index (χ0n) is 16.1. The van der Waals surface area contributed by atoms with E-state index in [0.29, 0.717) is 0 Å². The van der Waals surface area contributed by atoms with Crippen LogP contribution in [0.15, 0.2) is 17.4 Å². The lowest BCUT2D eigenvalue weighted by Gasteiger charge is -2.26. The molecule has 22 heteroatoms. The van der Waals surface area contributed by atoms with Gasteiger partial charge in [-0.1, -0.05) is 5.92 Å². The number of aromatic nitrogens is 4. The second kappa shape index (κ2) is 8.66. The number of ether oxygens (including phenoxy) is 1. The quantitative estimate of drug-likeness (QED) is 0.144. The van der Waals surface area contributed by atoms with E-state index in [-0.39, 0.29) is 11.2 Å². The number of hydrogen-bond donors (Lipinski definition) is 7. The second-order valence-corrected chi connectivity index (χ2v) is 11.0. The number of halogens is 1. The van der Waals surface area contributed by atoms with E-state index in [1.807, 2.05) is 0 Å². The van der Waals surface area contributed by atoms with Gasteiger partial charge < -0.3 is 39.5 Å². The van der Waals surface area contributed by atoms with Crippen molar-refractivity contribution in [2.24, 2.45) is 0 Å². The molecular weight excluding hydrogens is 536 g/mol. The first-order valence-electron chi connectivity index (χ1n) is 8.36. The van der Waals surface area contributed by atoms with Crippen molar-refractivity contribution in [1.29, 1.82) is 0 Å². The van der Waals surface area contributed by atoms with Gasteiger partial charge in [-0.3, -0.25) is 13.9 Å². The Labute approximate surface area is 186 Å². The Morgan fingerprint density at radius 1 is 1.24 bits per heavy atom. The molecular formula is C12H14FN4O14P3. The van der Waals surface area contributed by atoms with Gasteiger partial charge in [0.2, 0.25) is 5.60 Å². The molecule has 2 aromatic heterocycles. The number of aromatic amines is 1. The Morgan fingerprint density at radius 3 is 2.47 bits per heavy atom. The molecule has 0 amide bonds. The maximum Gasteiger partial charge on any atom is 0.490 e. The Morgan fingerprint density at radius 2 is 1.88 bits per heavy atom. The van der Waals surface area contributed by atoms with Gasteiger partial charge in [0.05, 0.1) is 12.7 Å². The minimum Gasteiger partial charge on any atom is -0.383 e. The number of nitrogens with zero attached hydrogens (tertiary/aromatic N) is 3. The number of fused-ring (bicyclic) bond motifs is 1. The normalized spacial score (nSPS) is 31.1. The molecule has 1 fully saturated rings. The molecule has 0 aromatic carbocycles. The third kappa shape index (κ3) is 5.20.